The van der Waals surface area contributed by atoms with Crippen molar-refractivity contribution in [3.63, 3.8) is 0 Å². The smallest absolute Gasteiger partial charge is 0.126 e. The van der Waals surface area contributed by atoms with Gasteiger partial charge >= 0.3 is 0 Å². The van der Waals surface area contributed by atoms with Gasteiger partial charge in [0.25, 0.3) is 0 Å². The monoisotopic (exact) mass is 338 g/mol. The highest BCUT2D eigenvalue weighted by Gasteiger charge is 2.23. The molecular weight excluding hydrogens is 304 g/mol. The van der Waals surface area contributed by atoms with Crippen molar-refractivity contribution < 1.29 is 5.11 Å². The number of benzene rings is 2. The molecule has 0 saturated heterocycles. The normalized spacial score (nSPS) is 11.5. The Morgan fingerprint density at radius 2 is 1.32 bits per heavy atom. The van der Waals surface area contributed by atoms with E-state index < -0.39 is 0 Å². The molecule has 0 aliphatic rings. The Hall–Kier alpha value is -2.02. The quantitative estimate of drug-likeness (QED) is 0.597. The summed E-state index contributed by atoms with van der Waals surface area (Å²) >= 11 is 0. The lowest BCUT2D eigenvalue weighted by atomic mass is 9.79. The van der Waals surface area contributed by atoms with Crippen LogP contribution in [0.25, 0.3) is 6.08 Å². The van der Waals surface area contributed by atoms with Gasteiger partial charge in [-0.2, -0.15) is 0 Å². The predicted molar refractivity (Wildman–Crippen MR) is 112 cm³/mol. The van der Waals surface area contributed by atoms with Gasteiger partial charge < -0.3 is 5.11 Å². The zero-order valence-corrected chi connectivity index (χ0v) is 17.2. The first-order chi connectivity index (χ1) is 11.4. The molecule has 0 saturated carbocycles. The van der Waals surface area contributed by atoms with Crippen LogP contribution in [-0.4, -0.2) is 5.11 Å². The molecule has 0 aromatic heterocycles. The van der Waals surface area contributed by atoms with Crippen molar-refractivity contribution >= 4 is 6.08 Å². The van der Waals surface area contributed by atoms with E-state index in [-0.39, 0.29) is 10.8 Å². The third-order valence-electron chi connectivity index (χ3n) is 4.46. The Kier molecular flexibility index (Phi) is 6.65. The van der Waals surface area contributed by atoms with Gasteiger partial charge in [0.2, 0.25) is 0 Å². The number of rotatable bonds is 1. The molecule has 0 amide bonds. The van der Waals surface area contributed by atoms with Crippen LogP contribution in [-0.2, 0) is 10.8 Å². The highest BCUT2D eigenvalue weighted by atomic mass is 16.3. The van der Waals surface area contributed by atoms with E-state index in [1.165, 1.54) is 16.7 Å². The Bertz CT molecular complexity index is 704. The molecule has 0 aliphatic carbocycles. The summed E-state index contributed by atoms with van der Waals surface area (Å²) in [6.07, 6.45) is 1.72. The van der Waals surface area contributed by atoms with Crippen molar-refractivity contribution in [1.29, 1.82) is 0 Å². The van der Waals surface area contributed by atoms with E-state index in [9.17, 15) is 5.11 Å². The van der Waals surface area contributed by atoms with Gasteiger partial charge in [0.05, 0.1) is 0 Å². The zero-order chi connectivity index (χ0) is 19.4. The largest absolute Gasteiger partial charge is 0.507 e. The maximum absolute atomic E-state index is 10.2. The molecule has 2 rings (SSSR count). The summed E-state index contributed by atoms with van der Waals surface area (Å²) in [5.74, 6) is 0.362. The van der Waals surface area contributed by atoms with E-state index in [1.54, 1.807) is 6.08 Å². The average molecular weight is 339 g/mol. The first kappa shape index (κ1) is 21.0. The van der Waals surface area contributed by atoms with Crippen molar-refractivity contribution in [3.8, 4) is 5.75 Å². The fourth-order valence-electron chi connectivity index (χ4n) is 2.48. The molecule has 0 atom stereocenters. The summed E-state index contributed by atoms with van der Waals surface area (Å²) in [5.41, 5.74) is 5.78. The number of hydrogen-bond donors (Lipinski definition) is 1. The summed E-state index contributed by atoms with van der Waals surface area (Å²) in [4.78, 5) is 0. The van der Waals surface area contributed by atoms with Gasteiger partial charge in [0.15, 0.2) is 0 Å². The topological polar surface area (TPSA) is 20.2 Å². The molecule has 0 aliphatic heterocycles. The summed E-state index contributed by atoms with van der Waals surface area (Å²) in [7, 11) is 0. The molecule has 0 radical (unpaired) electrons. The van der Waals surface area contributed by atoms with Crippen molar-refractivity contribution in [3.05, 3.63) is 70.8 Å². The van der Waals surface area contributed by atoms with Gasteiger partial charge in [-0.3, -0.25) is 0 Å². The number of phenolic OH excluding ortho intramolecular Hbond substituents is 1. The zero-order valence-electron chi connectivity index (χ0n) is 17.2. The maximum atomic E-state index is 10.2. The molecule has 2 aromatic rings. The van der Waals surface area contributed by atoms with Gasteiger partial charge in [0, 0.05) is 11.1 Å². The Labute approximate surface area is 154 Å². The minimum Gasteiger partial charge on any atom is -0.507 e. The van der Waals surface area contributed by atoms with E-state index in [0.29, 0.717) is 5.75 Å². The molecule has 0 bridgehead atoms. The first-order valence-electron chi connectivity index (χ1n) is 8.90. The van der Waals surface area contributed by atoms with Crippen molar-refractivity contribution in [2.75, 3.05) is 0 Å². The second-order valence-electron chi connectivity index (χ2n) is 8.75. The SMILES string of the molecule is C=Cc1cc(C(C)(C)C)cc(C(C)(C)C)c1O.Cc1ccccc1C. The van der Waals surface area contributed by atoms with E-state index in [1.807, 2.05) is 6.07 Å². The minimum absolute atomic E-state index is 0.0664. The molecule has 0 fully saturated rings. The predicted octanol–water partition coefficient (Wildman–Crippen LogP) is 6.93. The van der Waals surface area contributed by atoms with E-state index in [0.717, 1.165) is 11.1 Å². The van der Waals surface area contributed by atoms with Crippen LogP contribution in [0.4, 0.5) is 0 Å². The van der Waals surface area contributed by atoms with Gasteiger partial charge in [-0.15, -0.1) is 0 Å². The molecule has 25 heavy (non-hydrogen) atoms. The van der Waals surface area contributed by atoms with E-state index in [4.69, 9.17) is 0 Å². The van der Waals surface area contributed by atoms with Crippen molar-refractivity contribution in [2.24, 2.45) is 0 Å². The third-order valence-corrected chi connectivity index (χ3v) is 4.46. The molecule has 0 heterocycles. The number of hydrogen-bond acceptors (Lipinski definition) is 1. The summed E-state index contributed by atoms with van der Waals surface area (Å²) < 4.78 is 0. The van der Waals surface area contributed by atoms with Gasteiger partial charge in [-0.1, -0.05) is 84.5 Å². The Balaban J connectivity index is 0.000000324. The number of phenols is 1. The summed E-state index contributed by atoms with van der Waals surface area (Å²) in [6.45, 7) is 20.9. The van der Waals surface area contributed by atoms with Crippen LogP contribution in [0.15, 0.2) is 43.0 Å². The van der Waals surface area contributed by atoms with E-state index >= 15 is 0 Å². The lowest BCUT2D eigenvalue weighted by Gasteiger charge is -2.27. The highest BCUT2D eigenvalue weighted by molar-refractivity contribution is 5.61. The minimum atomic E-state index is -0.0664. The average Bonchev–Trinajstić information content (AvgIpc) is 2.49. The second kappa shape index (κ2) is 7.91. The molecule has 1 N–H and O–H groups in total. The van der Waals surface area contributed by atoms with Crippen LogP contribution in [0.2, 0.25) is 0 Å². The lowest BCUT2D eigenvalue weighted by Crippen LogP contribution is -2.17. The van der Waals surface area contributed by atoms with Gasteiger partial charge in [-0.05, 0) is 47.4 Å². The van der Waals surface area contributed by atoms with Gasteiger partial charge in [-0.25, -0.2) is 0 Å². The third kappa shape index (κ3) is 5.77. The molecule has 0 spiro atoms. The number of aryl methyl sites for hydroxylation is 2. The standard InChI is InChI=1S/C16H24O.C8H10/c1-8-11-9-12(15(2,3)4)10-13(14(11)17)16(5,6)7;1-7-5-3-4-6-8(7)2/h8-10,17H,1H2,2-7H3;3-6H,1-2H3. The molecular formula is C24H34O. The Morgan fingerprint density at radius 1 is 0.840 bits per heavy atom. The van der Waals surface area contributed by atoms with Crippen LogP contribution >= 0.6 is 0 Å². The fraction of sp³-hybridized carbons (Fsp3) is 0.417. The van der Waals surface area contributed by atoms with E-state index in [2.05, 4.69) is 92.3 Å². The fourth-order valence-corrected chi connectivity index (χ4v) is 2.48. The molecule has 136 valence electrons. The molecule has 1 nitrogen and oxygen atoms in total. The lowest BCUT2D eigenvalue weighted by molar-refractivity contribution is 0.443. The maximum Gasteiger partial charge on any atom is 0.126 e. The molecule has 1 heteroatoms. The first-order valence-corrected chi connectivity index (χ1v) is 8.90. The van der Waals surface area contributed by atoms with Crippen LogP contribution in [0.5, 0.6) is 5.75 Å². The van der Waals surface area contributed by atoms with Crippen LogP contribution in [0.1, 0.15) is 69.4 Å². The van der Waals surface area contributed by atoms with Crippen LogP contribution in [0.3, 0.4) is 0 Å². The Morgan fingerprint density at radius 3 is 1.64 bits per heavy atom. The molecule has 0 unspecified atom stereocenters. The number of aromatic hydroxyl groups is 1. The van der Waals surface area contributed by atoms with Gasteiger partial charge in [0.1, 0.15) is 5.75 Å². The second-order valence-corrected chi connectivity index (χ2v) is 8.75. The van der Waals surface area contributed by atoms with Crippen molar-refractivity contribution in [1.82, 2.24) is 0 Å². The summed E-state index contributed by atoms with van der Waals surface area (Å²) in [6, 6.07) is 12.5. The summed E-state index contributed by atoms with van der Waals surface area (Å²) in [5, 5.41) is 10.2. The van der Waals surface area contributed by atoms with Crippen molar-refractivity contribution in [2.45, 2.75) is 66.2 Å². The molecule has 2 aromatic carbocycles. The highest BCUT2D eigenvalue weighted by Crippen LogP contribution is 2.37. The van der Waals surface area contributed by atoms with Crippen LogP contribution < -0.4 is 0 Å². The van der Waals surface area contributed by atoms with Crippen LogP contribution in [0, 0.1) is 13.8 Å².